The van der Waals surface area contributed by atoms with Crippen LogP contribution >= 0.6 is 11.3 Å². The third-order valence-electron chi connectivity index (χ3n) is 3.31. The zero-order valence-electron chi connectivity index (χ0n) is 11.3. The van der Waals surface area contributed by atoms with Gasteiger partial charge in [0.1, 0.15) is 10.8 Å². The summed E-state index contributed by atoms with van der Waals surface area (Å²) in [6.07, 6.45) is 2.42. The molecule has 0 aliphatic carbocycles. The molecule has 6 heteroatoms. The Kier molecular flexibility index (Phi) is 3.39. The number of hydrogen-bond acceptors (Lipinski definition) is 4. The molecule has 0 atom stereocenters. The van der Waals surface area contributed by atoms with Gasteiger partial charge in [0.15, 0.2) is 0 Å². The predicted molar refractivity (Wildman–Crippen MR) is 81.1 cm³/mol. The lowest BCUT2D eigenvalue weighted by atomic mass is 10.1. The Morgan fingerprint density at radius 2 is 2.24 bits per heavy atom. The number of nitrogens with two attached hydrogens (primary N) is 1. The van der Waals surface area contributed by atoms with Gasteiger partial charge in [-0.3, -0.25) is 0 Å². The van der Waals surface area contributed by atoms with Crippen molar-refractivity contribution >= 4 is 33.2 Å². The molecule has 0 fully saturated rings. The van der Waals surface area contributed by atoms with Crippen molar-refractivity contribution in [2.75, 3.05) is 12.8 Å². The summed E-state index contributed by atoms with van der Waals surface area (Å²) in [5.41, 5.74) is 8.05. The van der Waals surface area contributed by atoms with E-state index in [1.54, 1.807) is 12.1 Å². The Morgan fingerprint density at radius 1 is 1.43 bits per heavy atom. The van der Waals surface area contributed by atoms with Crippen LogP contribution in [0.15, 0.2) is 30.5 Å². The van der Waals surface area contributed by atoms with E-state index in [9.17, 15) is 9.18 Å². The molecule has 1 aromatic carbocycles. The van der Waals surface area contributed by atoms with Crippen molar-refractivity contribution < 1.29 is 13.9 Å². The van der Waals surface area contributed by atoms with Crippen LogP contribution in [-0.4, -0.2) is 18.1 Å². The highest BCUT2D eigenvalue weighted by Crippen LogP contribution is 2.29. The van der Waals surface area contributed by atoms with E-state index in [0.717, 1.165) is 21.3 Å². The van der Waals surface area contributed by atoms with Gasteiger partial charge in [-0.1, -0.05) is 0 Å². The summed E-state index contributed by atoms with van der Waals surface area (Å²) in [4.78, 5) is 15.6. The lowest BCUT2D eigenvalue weighted by Gasteiger charge is -1.97. The molecule has 2 heterocycles. The number of nitrogens with one attached hydrogen (secondary N) is 1. The number of rotatable bonds is 3. The van der Waals surface area contributed by atoms with Gasteiger partial charge < -0.3 is 15.5 Å². The van der Waals surface area contributed by atoms with Gasteiger partial charge in [0.2, 0.25) is 0 Å². The SMILES string of the molecule is COC(=O)c1cc(Cc2c[nH]c3ccc(F)cc23)sc1N. The summed E-state index contributed by atoms with van der Waals surface area (Å²) in [6, 6.07) is 6.35. The molecule has 0 spiro atoms. The van der Waals surface area contributed by atoms with Crippen LogP contribution in [-0.2, 0) is 11.2 Å². The molecule has 2 aromatic heterocycles. The number of H-pyrrole nitrogens is 1. The van der Waals surface area contributed by atoms with Crippen LogP contribution in [0, 0.1) is 5.82 Å². The minimum atomic E-state index is -0.444. The van der Waals surface area contributed by atoms with Crippen LogP contribution in [0.2, 0.25) is 0 Å². The number of nitrogen functional groups attached to an aromatic ring is 1. The molecule has 0 aliphatic rings. The first-order chi connectivity index (χ1) is 10.1. The van der Waals surface area contributed by atoms with E-state index < -0.39 is 5.97 Å². The van der Waals surface area contributed by atoms with Crippen molar-refractivity contribution in [3.63, 3.8) is 0 Å². The maximum atomic E-state index is 13.4. The third-order valence-corrected chi connectivity index (χ3v) is 4.28. The molecule has 0 unspecified atom stereocenters. The van der Waals surface area contributed by atoms with Crippen molar-refractivity contribution in [3.05, 3.63) is 52.3 Å². The molecule has 0 amide bonds. The minimum absolute atomic E-state index is 0.274. The quantitative estimate of drug-likeness (QED) is 0.729. The summed E-state index contributed by atoms with van der Waals surface area (Å²) in [7, 11) is 1.32. The van der Waals surface area contributed by atoms with Gasteiger partial charge in [0.25, 0.3) is 0 Å². The zero-order valence-corrected chi connectivity index (χ0v) is 12.1. The number of carbonyl (C=O) groups excluding carboxylic acids is 1. The Morgan fingerprint density at radius 3 is 3.00 bits per heavy atom. The van der Waals surface area contributed by atoms with Crippen molar-refractivity contribution in [1.82, 2.24) is 4.98 Å². The molecule has 0 saturated heterocycles. The monoisotopic (exact) mass is 304 g/mol. The largest absolute Gasteiger partial charge is 0.465 e. The van der Waals surface area contributed by atoms with E-state index >= 15 is 0 Å². The standard InChI is InChI=1S/C15H13FN2O2S/c1-20-15(19)12-6-10(21-14(12)17)4-8-7-18-13-3-2-9(16)5-11(8)13/h2-3,5-7,18H,4,17H2,1H3. The Balaban J connectivity index is 1.95. The number of halogens is 1. The Hall–Kier alpha value is -2.34. The highest BCUT2D eigenvalue weighted by Gasteiger charge is 2.15. The van der Waals surface area contributed by atoms with Gasteiger partial charge in [-0.2, -0.15) is 0 Å². The lowest BCUT2D eigenvalue weighted by Crippen LogP contribution is -2.02. The molecule has 0 saturated carbocycles. The number of thiophene rings is 1. The fourth-order valence-electron chi connectivity index (χ4n) is 2.30. The molecule has 3 N–H and O–H groups in total. The first-order valence-corrected chi connectivity index (χ1v) is 7.12. The van der Waals surface area contributed by atoms with Gasteiger partial charge >= 0.3 is 5.97 Å². The summed E-state index contributed by atoms with van der Waals surface area (Å²) in [5, 5.41) is 1.27. The molecule has 3 rings (SSSR count). The number of aromatic nitrogens is 1. The normalized spacial score (nSPS) is 11.0. The second-order valence-electron chi connectivity index (χ2n) is 4.66. The highest BCUT2D eigenvalue weighted by atomic mass is 32.1. The average Bonchev–Trinajstić information content (AvgIpc) is 3.02. The van der Waals surface area contributed by atoms with E-state index in [1.807, 2.05) is 6.20 Å². The van der Waals surface area contributed by atoms with Crippen molar-refractivity contribution in [3.8, 4) is 0 Å². The number of ether oxygens (including phenoxy) is 1. The molecule has 108 valence electrons. The molecular weight excluding hydrogens is 291 g/mol. The Bertz CT molecular complexity index is 822. The number of hydrogen-bond donors (Lipinski definition) is 2. The van der Waals surface area contributed by atoms with Crippen LogP contribution in [0.1, 0.15) is 20.8 Å². The number of carbonyl (C=O) groups is 1. The molecule has 0 radical (unpaired) electrons. The van der Waals surface area contributed by atoms with E-state index in [4.69, 9.17) is 5.73 Å². The number of methoxy groups -OCH3 is 1. The molecular formula is C15H13FN2O2S. The van der Waals surface area contributed by atoms with E-state index in [0.29, 0.717) is 17.0 Å². The van der Waals surface area contributed by atoms with Crippen molar-refractivity contribution in [2.24, 2.45) is 0 Å². The second kappa shape index (κ2) is 5.21. The first-order valence-electron chi connectivity index (χ1n) is 6.30. The topological polar surface area (TPSA) is 68.1 Å². The first kappa shape index (κ1) is 13.6. The average molecular weight is 304 g/mol. The molecule has 21 heavy (non-hydrogen) atoms. The van der Waals surface area contributed by atoms with Crippen molar-refractivity contribution in [1.29, 1.82) is 0 Å². The Labute approximate surface area is 124 Å². The number of anilines is 1. The summed E-state index contributed by atoms with van der Waals surface area (Å²) < 4.78 is 18.0. The van der Waals surface area contributed by atoms with Gasteiger partial charge in [-0.15, -0.1) is 11.3 Å². The minimum Gasteiger partial charge on any atom is -0.465 e. The molecule has 3 aromatic rings. The van der Waals surface area contributed by atoms with Crippen LogP contribution in [0.5, 0.6) is 0 Å². The van der Waals surface area contributed by atoms with Gasteiger partial charge in [0.05, 0.1) is 12.7 Å². The predicted octanol–water partition coefficient (Wildman–Crippen LogP) is 3.33. The molecule has 4 nitrogen and oxygen atoms in total. The van der Waals surface area contributed by atoms with E-state index in [2.05, 4.69) is 9.72 Å². The molecule has 0 aliphatic heterocycles. The fourth-order valence-corrected chi connectivity index (χ4v) is 3.24. The maximum Gasteiger partial charge on any atom is 0.340 e. The van der Waals surface area contributed by atoms with Gasteiger partial charge in [0, 0.05) is 28.4 Å². The summed E-state index contributed by atoms with van der Waals surface area (Å²) in [6.45, 7) is 0. The number of aromatic amines is 1. The van der Waals surface area contributed by atoms with Crippen LogP contribution < -0.4 is 5.73 Å². The fraction of sp³-hybridized carbons (Fsp3) is 0.133. The smallest absolute Gasteiger partial charge is 0.340 e. The number of esters is 1. The van der Waals surface area contributed by atoms with E-state index in [1.165, 1.54) is 30.6 Å². The zero-order chi connectivity index (χ0) is 15.0. The lowest BCUT2D eigenvalue weighted by molar-refractivity contribution is 0.0602. The summed E-state index contributed by atoms with van der Waals surface area (Å²) in [5.74, 6) is -0.718. The number of benzene rings is 1. The van der Waals surface area contributed by atoms with Crippen LogP contribution in [0.25, 0.3) is 10.9 Å². The molecule has 0 bridgehead atoms. The van der Waals surface area contributed by atoms with Crippen molar-refractivity contribution in [2.45, 2.75) is 6.42 Å². The van der Waals surface area contributed by atoms with Crippen LogP contribution in [0.4, 0.5) is 9.39 Å². The van der Waals surface area contributed by atoms with Crippen LogP contribution in [0.3, 0.4) is 0 Å². The van der Waals surface area contributed by atoms with Gasteiger partial charge in [-0.25, -0.2) is 9.18 Å². The summed E-state index contributed by atoms with van der Waals surface area (Å²) >= 11 is 1.34. The van der Waals surface area contributed by atoms with Gasteiger partial charge in [-0.05, 0) is 29.8 Å². The van der Waals surface area contributed by atoms with E-state index in [-0.39, 0.29) is 5.82 Å². The number of fused-ring (bicyclic) bond motifs is 1. The maximum absolute atomic E-state index is 13.4. The third kappa shape index (κ3) is 2.50. The highest BCUT2D eigenvalue weighted by molar-refractivity contribution is 7.16. The second-order valence-corrected chi connectivity index (χ2v) is 5.83.